The number of carbonyl (C=O) groups excluding carboxylic acids is 3. The quantitative estimate of drug-likeness (QED) is 0.0883. The van der Waals surface area contributed by atoms with Gasteiger partial charge in [0.25, 0.3) is 0 Å². The summed E-state index contributed by atoms with van der Waals surface area (Å²) in [5.41, 5.74) is 12.2. The number of halogens is 3. The number of nitrogen functional groups attached to an aromatic ring is 2. The van der Waals surface area contributed by atoms with Gasteiger partial charge in [0.2, 0.25) is 0 Å². The van der Waals surface area contributed by atoms with Crippen molar-refractivity contribution < 1.29 is 41.8 Å². The van der Waals surface area contributed by atoms with E-state index in [0.717, 1.165) is 37.1 Å². The van der Waals surface area contributed by atoms with Gasteiger partial charge in [0.1, 0.15) is 5.75 Å². The third-order valence-corrected chi connectivity index (χ3v) is 5.68. The highest BCUT2D eigenvalue weighted by atomic mass is 19.4. The molecule has 8 nitrogen and oxygen atoms in total. The number of esters is 3. The van der Waals surface area contributed by atoms with Gasteiger partial charge < -0.3 is 25.7 Å². The number of hydrogen-bond donors (Lipinski definition) is 2. The summed E-state index contributed by atoms with van der Waals surface area (Å²) in [5.74, 6) is -1.61. The molecule has 0 spiro atoms. The zero-order valence-corrected chi connectivity index (χ0v) is 22.0. The summed E-state index contributed by atoms with van der Waals surface area (Å²) in [6, 6.07) is 14.5. The van der Waals surface area contributed by atoms with Gasteiger partial charge in [0, 0.05) is 17.5 Å². The molecule has 0 aliphatic heterocycles. The molecule has 0 amide bonds. The second-order valence-corrected chi connectivity index (χ2v) is 8.97. The number of benzene rings is 3. The first kappa shape index (κ1) is 30.7. The maximum Gasteiger partial charge on any atom is 0.416 e. The monoisotopic (exact) mass is 570 g/mol. The van der Waals surface area contributed by atoms with Gasteiger partial charge in [-0.1, -0.05) is 12.1 Å². The highest BCUT2D eigenvalue weighted by Crippen LogP contribution is 2.29. The lowest BCUT2D eigenvalue weighted by atomic mass is 10.1. The number of carbonyl (C=O) groups is 3. The minimum atomic E-state index is -4.49. The molecule has 4 N–H and O–H groups in total. The number of alkyl halides is 3. The zero-order chi connectivity index (χ0) is 29.8. The van der Waals surface area contributed by atoms with Crippen LogP contribution in [0.3, 0.4) is 0 Å². The molecule has 3 aromatic carbocycles. The fraction of sp³-hybridized carbons (Fsp3) is 0.233. The van der Waals surface area contributed by atoms with Crippen molar-refractivity contribution in [2.45, 2.75) is 31.9 Å². The molecule has 0 saturated carbocycles. The number of ether oxygens (including phenoxy) is 3. The first-order chi connectivity index (χ1) is 19.5. The molecule has 0 radical (unpaired) electrons. The summed E-state index contributed by atoms with van der Waals surface area (Å²) in [4.78, 5) is 36.1. The highest BCUT2D eigenvalue weighted by Gasteiger charge is 2.30. The van der Waals surface area contributed by atoms with Gasteiger partial charge in [-0.05, 0) is 91.9 Å². The van der Waals surface area contributed by atoms with Gasteiger partial charge in [-0.15, -0.1) is 0 Å². The molecular weight excluding hydrogens is 541 g/mol. The molecule has 0 unspecified atom stereocenters. The van der Waals surface area contributed by atoms with Crippen molar-refractivity contribution in [3.63, 3.8) is 0 Å². The molecule has 0 bridgehead atoms. The van der Waals surface area contributed by atoms with Crippen LogP contribution in [0.2, 0.25) is 0 Å². The molecule has 11 heteroatoms. The molecule has 0 aliphatic carbocycles. The Labute approximate surface area is 234 Å². The summed E-state index contributed by atoms with van der Waals surface area (Å²) in [6.07, 6.45) is 1.19. The lowest BCUT2D eigenvalue weighted by molar-refractivity contribution is -0.138. The Morgan fingerprint density at radius 1 is 0.707 bits per heavy atom. The summed E-state index contributed by atoms with van der Waals surface area (Å²) in [7, 11) is 0. The van der Waals surface area contributed by atoms with Crippen LogP contribution in [0.5, 0.6) is 5.75 Å². The van der Waals surface area contributed by atoms with Crippen molar-refractivity contribution in [3.05, 3.63) is 95.1 Å². The fourth-order valence-corrected chi connectivity index (χ4v) is 3.59. The van der Waals surface area contributed by atoms with Crippen molar-refractivity contribution >= 4 is 35.4 Å². The van der Waals surface area contributed by atoms with E-state index < -0.39 is 29.6 Å². The number of rotatable bonds is 12. The number of nitrogens with two attached hydrogens (primary N) is 2. The summed E-state index contributed by atoms with van der Waals surface area (Å²) in [6.45, 7) is 0.494. The topological polar surface area (TPSA) is 131 Å². The molecule has 0 atom stereocenters. The van der Waals surface area contributed by atoms with Crippen LogP contribution in [0, 0.1) is 0 Å². The Morgan fingerprint density at radius 2 is 1.29 bits per heavy atom. The molecule has 41 heavy (non-hydrogen) atoms. The molecule has 0 saturated heterocycles. The molecule has 216 valence electrons. The number of hydrogen-bond acceptors (Lipinski definition) is 8. The lowest BCUT2D eigenvalue weighted by Gasteiger charge is -2.08. The van der Waals surface area contributed by atoms with E-state index in [0.29, 0.717) is 35.3 Å². The second-order valence-electron chi connectivity index (χ2n) is 8.97. The minimum absolute atomic E-state index is 0.0202. The van der Waals surface area contributed by atoms with Crippen molar-refractivity contribution in [1.29, 1.82) is 0 Å². The fourth-order valence-electron chi connectivity index (χ4n) is 3.59. The normalized spacial score (nSPS) is 11.3. The molecule has 0 heterocycles. The van der Waals surface area contributed by atoms with Crippen LogP contribution in [-0.2, 0) is 20.4 Å². The second kappa shape index (κ2) is 14.5. The Balaban J connectivity index is 1.29. The number of unbranched alkanes of at least 4 members (excludes halogenated alkanes) is 3. The van der Waals surface area contributed by atoms with Gasteiger partial charge in [0.15, 0.2) is 0 Å². The van der Waals surface area contributed by atoms with Crippen molar-refractivity contribution in [2.75, 3.05) is 24.7 Å². The molecule has 0 aliphatic rings. The first-order valence-electron chi connectivity index (χ1n) is 12.7. The maximum absolute atomic E-state index is 12.7. The first-order valence-corrected chi connectivity index (χ1v) is 12.7. The predicted octanol–water partition coefficient (Wildman–Crippen LogP) is 6.06. The van der Waals surface area contributed by atoms with Crippen LogP contribution >= 0.6 is 0 Å². The summed E-state index contributed by atoms with van der Waals surface area (Å²) in [5, 5.41) is 0. The van der Waals surface area contributed by atoms with Crippen LogP contribution < -0.4 is 16.2 Å². The van der Waals surface area contributed by atoms with Crippen molar-refractivity contribution in [1.82, 2.24) is 0 Å². The van der Waals surface area contributed by atoms with E-state index >= 15 is 0 Å². The van der Waals surface area contributed by atoms with E-state index in [-0.39, 0.29) is 24.5 Å². The third-order valence-electron chi connectivity index (χ3n) is 5.68. The van der Waals surface area contributed by atoms with E-state index in [1.807, 2.05) is 0 Å². The smallest absolute Gasteiger partial charge is 0.416 e. The van der Waals surface area contributed by atoms with Crippen molar-refractivity contribution in [2.24, 2.45) is 0 Å². The minimum Gasteiger partial charge on any atom is -0.463 e. The SMILES string of the molecule is Nc1cc(N)cc(C(=O)OCCCCCCOC(=O)C=Cc2ccc(OC(=O)c3ccc(C(F)(F)F)cc3)cc2)c1. The van der Waals surface area contributed by atoms with Crippen LogP contribution in [0.4, 0.5) is 24.5 Å². The Morgan fingerprint density at radius 3 is 1.88 bits per heavy atom. The van der Waals surface area contributed by atoms with Crippen LogP contribution in [-0.4, -0.2) is 31.1 Å². The maximum atomic E-state index is 12.7. The van der Waals surface area contributed by atoms with E-state index in [1.54, 1.807) is 18.2 Å². The average Bonchev–Trinajstić information content (AvgIpc) is 2.93. The van der Waals surface area contributed by atoms with Crippen LogP contribution in [0.25, 0.3) is 6.08 Å². The summed E-state index contributed by atoms with van der Waals surface area (Å²) < 4.78 is 53.5. The van der Waals surface area contributed by atoms with Crippen LogP contribution in [0.15, 0.2) is 72.8 Å². The van der Waals surface area contributed by atoms with Gasteiger partial charge in [-0.2, -0.15) is 13.2 Å². The zero-order valence-electron chi connectivity index (χ0n) is 22.0. The standard InChI is InChI=1S/C30H29F3N2O6/c31-30(32,33)23-10-8-21(9-11-23)29(38)41-26-12-5-20(6-13-26)7-14-27(36)39-15-3-1-2-4-16-40-28(37)22-17-24(34)19-25(35)18-22/h5-14,17-19H,1-4,15-16,34-35H2. The average molecular weight is 571 g/mol. The van der Waals surface area contributed by atoms with E-state index in [2.05, 4.69) is 0 Å². The van der Waals surface area contributed by atoms with Gasteiger partial charge >= 0.3 is 24.1 Å². The Hall–Kier alpha value is -4.80. The Kier molecular flexibility index (Phi) is 10.9. The van der Waals surface area contributed by atoms with E-state index in [1.165, 1.54) is 36.4 Å². The van der Waals surface area contributed by atoms with Gasteiger partial charge in [-0.3, -0.25) is 0 Å². The van der Waals surface area contributed by atoms with Crippen molar-refractivity contribution in [3.8, 4) is 5.75 Å². The largest absolute Gasteiger partial charge is 0.463 e. The number of anilines is 2. The molecule has 0 fully saturated rings. The van der Waals surface area contributed by atoms with Gasteiger partial charge in [0.05, 0.1) is 29.9 Å². The van der Waals surface area contributed by atoms with E-state index in [9.17, 15) is 27.6 Å². The summed E-state index contributed by atoms with van der Waals surface area (Å²) >= 11 is 0. The van der Waals surface area contributed by atoms with E-state index in [4.69, 9.17) is 25.7 Å². The Bertz CT molecular complexity index is 1350. The lowest BCUT2D eigenvalue weighted by Crippen LogP contribution is -2.10. The molecule has 0 aromatic heterocycles. The third kappa shape index (κ3) is 10.4. The molecule has 3 aromatic rings. The highest BCUT2D eigenvalue weighted by molar-refractivity contribution is 5.92. The van der Waals surface area contributed by atoms with Gasteiger partial charge in [-0.25, -0.2) is 14.4 Å². The molecular formula is C30H29F3N2O6. The molecule has 3 rings (SSSR count). The van der Waals surface area contributed by atoms with Crippen LogP contribution in [0.1, 0.15) is 57.5 Å². The predicted molar refractivity (Wildman–Crippen MR) is 147 cm³/mol.